The van der Waals surface area contributed by atoms with Crippen LogP contribution in [0, 0.1) is 0 Å². The topological polar surface area (TPSA) is 38.3 Å². The number of hydrogen-bond donors (Lipinski definition) is 1. The number of nitrogens with one attached hydrogen (secondary N) is 1. The van der Waals surface area contributed by atoms with Gasteiger partial charge in [-0.3, -0.25) is 4.79 Å². The summed E-state index contributed by atoms with van der Waals surface area (Å²) < 4.78 is 81.0. The van der Waals surface area contributed by atoms with Gasteiger partial charge in [0.2, 0.25) is 0 Å². The van der Waals surface area contributed by atoms with E-state index in [1.165, 1.54) is 7.11 Å². The van der Waals surface area contributed by atoms with Gasteiger partial charge in [-0.15, -0.1) is 0 Å². The van der Waals surface area contributed by atoms with Crippen LogP contribution >= 0.6 is 0 Å². The van der Waals surface area contributed by atoms with Gasteiger partial charge in [0.25, 0.3) is 0 Å². The van der Waals surface area contributed by atoms with Gasteiger partial charge in [0.1, 0.15) is 5.75 Å². The molecule has 2 rings (SSSR count). The average Bonchev–Trinajstić information content (AvgIpc) is 2.57. The summed E-state index contributed by atoms with van der Waals surface area (Å²) >= 11 is 0. The summed E-state index contributed by atoms with van der Waals surface area (Å²) in [6.07, 6.45) is -9.81. The largest absolute Gasteiger partial charge is 0.496 e. The molecule has 0 fully saturated rings. The minimum atomic E-state index is -5.13. The predicted molar refractivity (Wildman–Crippen MR) is 81.3 cm³/mol. The van der Waals surface area contributed by atoms with Crippen LogP contribution in [0.1, 0.15) is 11.1 Å². The molecule has 2 aromatic carbocycles. The first-order valence-electron chi connectivity index (χ1n) is 7.22. The number of benzene rings is 2. The molecule has 0 bridgehead atoms. The summed E-state index contributed by atoms with van der Waals surface area (Å²) in [7, 11) is 1.36. The molecular weight excluding hydrogens is 364 g/mol. The van der Waals surface area contributed by atoms with Gasteiger partial charge < -0.3 is 10.1 Å². The fraction of sp³-hybridized carbons (Fsp3) is 0.235. The molecule has 26 heavy (non-hydrogen) atoms. The van der Waals surface area contributed by atoms with Gasteiger partial charge in [-0.1, -0.05) is 24.3 Å². The highest BCUT2D eigenvalue weighted by Crippen LogP contribution is 2.36. The zero-order valence-corrected chi connectivity index (χ0v) is 13.3. The Labute approximate surface area is 144 Å². The van der Waals surface area contributed by atoms with Crippen molar-refractivity contribution in [3.8, 4) is 16.9 Å². The quantitative estimate of drug-likeness (QED) is 0.794. The molecule has 0 aliphatic rings. The Balaban J connectivity index is 2.49. The van der Waals surface area contributed by atoms with E-state index in [0.29, 0.717) is 17.4 Å². The van der Waals surface area contributed by atoms with Gasteiger partial charge in [-0.2, -0.15) is 26.3 Å². The van der Waals surface area contributed by atoms with Crippen molar-refractivity contribution in [3.05, 3.63) is 53.6 Å². The second-order valence-corrected chi connectivity index (χ2v) is 5.25. The molecule has 0 saturated carbocycles. The van der Waals surface area contributed by atoms with Crippen LogP contribution in [0.4, 0.5) is 26.3 Å². The van der Waals surface area contributed by atoms with Crippen LogP contribution < -0.4 is 10.1 Å². The SMILES string of the molecule is COc1ccccc1-c1ccc(C(F)(F)F)cc1CNC(=O)C(F)(F)F. The van der Waals surface area contributed by atoms with Crippen molar-refractivity contribution in [1.82, 2.24) is 5.32 Å². The lowest BCUT2D eigenvalue weighted by Crippen LogP contribution is -2.36. The Morgan fingerprint density at radius 1 is 1.00 bits per heavy atom. The van der Waals surface area contributed by atoms with Crippen LogP contribution in [-0.4, -0.2) is 19.2 Å². The number of halogens is 6. The van der Waals surface area contributed by atoms with Gasteiger partial charge in [0, 0.05) is 12.1 Å². The average molecular weight is 377 g/mol. The minimum Gasteiger partial charge on any atom is -0.496 e. The maximum absolute atomic E-state index is 12.9. The zero-order chi connectivity index (χ0) is 19.5. The Morgan fingerprint density at radius 2 is 1.65 bits per heavy atom. The predicted octanol–water partition coefficient (Wildman–Crippen LogP) is 4.56. The highest BCUT2D eigenvalue weighted by molar-refractivity contribution is 5.82. The smallest absolute Gasteiger partial charge is 0.471 e. The number of methoxy groups -OCH3 is 1. The van der Waals surface area contributed by atoms with E-state index in [1.54, 1.807) is 29.6 Å². The lowest BCUT2D eigenvalue weighted by Gasteiger charge is -2.17. The number of rotatable bonds is 4. The highest BCUT2D eigenvalue weighted by atomic mass is 19.4. The van der Waals surface area contributed by atoms with E-state index < -0.39 is 30.4 Å². The van der Waals surface area contributed by atoms with Gasteiger partial charge in [-0.25, -0.2) is 0 Å². The first-order valence-corrected chi connectivity index (χ1v) is 7.22. The van der Waals surface area contributed by atoms with Crippen molar-refractivity contribution >= 4 is 5.91 Å². The van der Waals surface area contributed by atoms with Crippen molar-refractivity contribution in [2.75, 3.05) is 7.11 Å². The van der Waals surface area contributed by atoms with E-state index in [9.17, 15) is 31.1 Å². The highest BCUT2D eigenvalue weighted by Gasteiger charge is 2.38. The molecule has 1 N–H and O–H groups in total. The van der Waals surface area contributed by atoms with E-state index in [2.05, 4.69) is 0 Å². The van der Waals surface area contributed by atoms with E-state index >= 15 is 0 Å². The Hall–Kier alpha value is -2.71. The van der Waals surface area contributed by atoms with E-state index in [4.69, 9.17) is 4.74 Å². The molecule has 9 heteroatoms. The normalized spacial score (nSPS) is 12.0. The summed E-state index contributed by atoms with van der Waals surface area (Å²) in [5, 5.41) is 1.59. The molecule has 0 radical (unpaired) electrons. The zero-order valence-electron chi connectivity index (χ0n) is 13.3. The molecular formula is C17H13F6NO2. The molecule has 0 unspecified atom stereocenters. The maximum Gasteiger partial charge on any atom is 0.471 e. The molecule has 0 spiro atoms. The summed E-state index contributed by atoms with van der Waals surface area (Å²) in [5.41, 5.74) is -0.549. The van der Waals surface area contributed by atoms with Crippen molar-refractivity contribution in [3.63, 3.8) is 0 Å². The number of hydrogen-bond acceptors (Lipinski definition) is 2. The van der Waals surface area contributed by atoms with Crippen LogP contribution in [-0.2, 0) is 17.5 Å². The van der Waals surface area contributed by atoms with Gasteiger partial charge in [0.15, 0.2) is 0 Å². The van der Waals surface area contributed by atoms with E-state index in [0.717, 1.165) is 12.1 Å². The first-order chi connectivity index (χ1) is 12.0. The second kappa shape index (κ2) is 7.27. The Kier molecular flexibility index (Phi) is 5.48. The molecule has 0 saturated heterocycles. The van der Waals surface area contributed by atoms with Crippen LogP contribution in [0.5, 0.6) is 5.75 Å². The van der Waals surface area contributed by atoms with Crippen LogP contribution in [0.25, 0.3) is 11.1 Å². The lowest BCUT2D eigenvalue weighted by atomic mass is 9.96. The van der Waals surface area contributed by atoms with Crippen molar-refractivity contribution < 1.29 is 35.9 Å². The number of ether oxygens (including phenoxy) is 1. The summed E-state index contributed by atoms with van der Waals surface area (Å²) in [5.74, 6) is -1.91. The number of alkyl halides is 6. The van der Waals surface area contributed by atoms with Crippen molar-refractivity contribution in [1.29, 1.82) is 0 Å². The van der Waals surface area contributed by atoms with E-state index in [-0.39, 0.29) is 11.1 Å². The summed E-state index contributed by atoms with van der Waals surface area (Å²) in [6.45, 7) is -0.727. The number of carbonyl (C=O) groups is 1. The Bertz CT molecular complexity index is 799. The third-order valence-electron chi connectivity index (χ3n) is 3.53. The van der Waals surface area contributed by atoms with Crippen LogP contribution in [0.3, 0.4) is 0 Å². The van der Waals surface area contributed by atoms with E-state index in [1.807, 2.05) is 0 Å². The molecule has 0 heterocycles. The molecule has 1 amide bonds. The third kappa shape index (κ3) is 4.47. The number of amides is 1. The Morgan fingerprint density at radius 3 is 2.23 bits per heavy atom. The number of para-hydroxylation sites is 1. The maximum atomic E-state index is 12.9. The number of carbonyl (C=O) groups excluding carboxylic acids is 1. The fourth-order valence-electron chi connectivity index (χ4n) is 2.32. The minimum absolute atomic E-state index is 0.123. The lowest BCUT2D eigenvalue weighted by molar-refractivity contribution is -0.173. The monoisotopic (exact) mass is 377 g/mol. The molecule has 3 nitrogen and oxygen atoms in total. The van der Waals surface area contributed by atoms with Crippen molar-refractivity contribution in [2.24, 2.45) is 0 Å². The van der Waals surface area contributed by atoms with Gasteiger partial charge in [-0.05, 0) is 29.3 Å². The molecule has 0 aliphatic carbocycles. The molecule has 0 aliphatic heterocycles. The summed E-state index contributed by atoms with van der Waals surface area (Å²) in [4.78, 5) is 11.0. The second-order valence-electron chi connectivity index (χ2n) is 5.25. The van der Waals surface area contributed by atoms with Gasteiger partial charge in [0.05, 0.1) is 12.7 Å². The molecule has 0 atom stereocenters. The third-order valence-corrected chi connectivity index (χ3v) is 3.53. The van der Waals surface area contributed by atoms with Crippen molar-refractivity contribution in [2.45, 2.75) is 18.9 Å². The fourth-order valence-corrected chi connectivity index (χ4v) is 2.32. The van der Waals surface area contributed by atoms with Crippen LogP contribution in [0.2, 0.25) is 0 Å². The summed E-state index contributed by atoms with van der Waals surface area (Å²) in [6, 6.07) is 9.01. The van der Waals surface area contributed by atoms with Gasteiger partial charge >= 0.3 is 18.3 Å². The molecule has 2 aromatic rings. The standard InChI is InChI=1S/C17H13F6NO2/c1-26-14-5-3-2-4-13(14)12-7-6-11(16(18,19)20)8-10(12)9-24-15(25)17(21,22)23/h2-8H,9H2,1H3,(H,24,25). The van der Waals surface area contributed by atoms with Crippen LogP contribution in [0.15, 0.2) is 42.5 Å². The first kappa shape index (κ1) is 19.6. The molecule has 0 aromatic heterocycles. The molecule has 140 valence electrons.